The van der Waals surface area contributed by atoms with Crippen molar-refractivity contribution < 1.29 is 12.8 Å². The normalized spacial score (nSPS) is 11.3. The van der Waals surface area contributed by atoms with E-state index < -0.39 is 15.8 Å². The number of benzene rings is 1. The highest BCUT2D eigenvalue weighted by molar-refractivity contribution is 9.10. The van der Waals surface area contributed by atoms with Gasteiger partial charge in [-0.2, -0.15) is 0 Å². The molecule has 0 amide bonds. The van der Waals surface area contributed by atoms with Crippen LogP contribution in [0, 0.1) is 5.82 Å². The van der Waals surface area contributed by atoms with Crippen LogP contribution in [-0.2, 0) is 10.0 Å². The van der Waals surface area contributed by atoms with Gasteiger partial charge in [0, 0.05) is 0 Å². The molecule has 0 spiro atoms. The summed E-state index contributed by atoms with van der Waals surface area (Å²) in [5.41, 5.74) is 0. The third-order valence-corrected chi connectivity index (χ3v) is 4.42. The number of aromatic nitrogens is 1. The van der Waals surface area contributed by atoms with E-state index in [9.17, 15) is 12.8 Å². The summed E-state index contributed by atoms with van der Waals surface area (Å²) in [4.78, 5) is 3.73. The molecule has 2 aromatic rings. The lowest BCUT2D eigenvalue weighted by Gasteiger charge is -2.08. The van der Waals surface area contributed by atoms with E-state index in [0.717, 1.165) is 18.2 Å². The molecule has 0 unspecified atom stereocenters. The van der Waals surface area contributed by atoms with Crippen LogP contribution in [0.1, 0.15) is 0 Å². The van der Waals surface area contributed by atoms with Crippen LogP contribution in [0.15, 0.2) is 45.9 Å². The van der Waals surface area contributed by atoms with Crippen molar-refractivity contribution in [2.45, 2.75) is 4.90 Å². The number of sulfonamides is 1. The molecule has 100 valence electrons. The lowest BCUT2D eigenvalue weighted by atomic mass is 10.3. The zero-order valence-electron chi connectivity index (χ0n) is 9.27. The molecule has 2 rings (SSSR count). The van der Waals surface area contributed by atoms with E-state index in [0.29, 0.717) is 4.60 Å². The van der Waals surface area contributed by atoms with Crippen LogP contribution in [0.4, 0.5) is 10.2 Å². The predicted octanol–water partition coefficient (Wildman–Crippen LogP) is 3.44. The van der Waals surface area contributed by atoms with Gasteiger partial charge in [-0.1, -0.05) is 17.7 Å². The Balaban J connectivity index is 2.38. The van der Waals surface area contributed by atoms with Crippen molar-refractivity contribution in [3.05, 3.63) is 51.8 Å². The van der Waals surface area contributed by atoms with Crippen molar-refractivity contribution in [3.63, 3.8) is 0 Å². The van der Waals surface area contributed by atoms with Gasteiger partial charge in [0.25, 0.3) is 10.0 Å². The highest BCUT2D eigenvalue weighted by atomic mass is 79.9. The minimum Gasteiger partial charge on any atom is -0.263 e. The summed E-state index contributed by atoms with van der Waals surface area (Å²) in [6.07, 6.45) is 0. The molecular weight excluding hydrogens is 359 g/mol. The third-order valence-electron chi connectivity index (χ3n) is 2.14. The van der Waals surface area contributed by atoms with E-state index in [1.54, 1.807) is 12.1 Å². The SMILES string of the molecule is O=S(=O)(Nc1cccc(Br)n1)c1ccc(F)cc1Cl. The summed E-state index contributed by atoms with van der Waals surface area (Å²) in [5, 5.41) is -0.192. The minimum absolute atomic E-state index is 0.134. The number of nitrogens with one attached hydrogen (secondary N) is 1. The fourth-order valence-electron chi connectivity index (χ4n) is 1.35. The van der Waals surface area contributed by atoms with Gasteiger partial charge in [0.2, 0.25) is 0 Å². The second-order valence-corrected chi connectivity index (χ2v) is 6.40. The summed E-state index contributed by atoms with van der Waals surface area (Å²) in [6.45, 7) is 0. The fourth-order valence-corrected chi connectivity index (χ4v) is 3.23. The summed E-state index contributed by atoms with van der Waals surface area (Å²) in [6, 6.07) is 7.82. The topological polar surface area (TPSA) is 59.1 Å². The van der Waals surface area contributed by atoms with Gasteiger partial charge in [0.15, 0.2) is 0 Å². The standard InChI is InChI=1S/C11H7BrClFN2O2S/c12-10-2-1-3-11(15-10)16-19(17,18)9-5-4-7(14)6-8(9)13/h1-6H,(H,15,16). The predicted molar refractivity (Wildman–Crippen MR) is 74.2 cm³/mol. The van der Waals surface area contributed by atoms with Gasteiger partial charge in [-0.05, 0) is 46.3 Å². The molecule has 0 atom stereocenters. The molecule has 0 radical (unpaired) electrons. The molecule has 8 heteroatoms. The lowest BCUT2D eigenvalue weighted by Crippen LogP contribution is -2.14. The van der Waals surface area contributed by atoms with Gasteiger partial charge >= 0.3 is 0 Å². The van der Waals surface area contributed by atoms with Gasteiger partial charge in [-0.3, -0.25) is 4.72 Å². The van der Waals surface area contributed by atoms with Crippen molar-refractivity contribution in [3.8, 4) is 0 Å². The largest absolute Gasteiger partial charge is 0.264 e. The molecule has 0 aliphatic heterocycles. The summed E-state index contributed by atoms with van der Waals surface area (Å²) in [7, 11) is -3.91. The molecular formula is C11H7BrClFN2O2S. The molecule has 19 heavy (non-hydrogen) atoms. The second-order valence-electron chi connectivity index (χ2n) is 3.53. The Morgan fingerprint density at radius 3 is 2.63 bits per heavy atom. The summed E-state index contributed by atoms with van der Waals surface area (Å²) in [5.74, 6) is -0.473. The van der Waals surface area contributed by atoms with Crippen molar-refractivity contribution >= 4 is 43.4 Å². The first-order chi connectivity index (χ1) is 8.88. The van der Waals surface area contributed by atoms with Crippen molar-refractivity contribution in [1.82, 2.24) is 4.98 Å². The van der Waals surface area contributed by atoms with Gasteiger partial charge in [-0.25, -0.2) is 17.8 Å². The quantitative estimate of drug-likeness (QED) is 0.848. The van der Waals surface area contributed by atoms with E-state index in [4.69, 9.17) is 11.6 Å². The molecule has 0 aliphatic carbocycles. The smallest absolute Gasteiger partial charge is 0.263 e. The first kappa shape index (κ1) is 14.2. The Labute approximate surface area is 122 Å². The monoisotopic (exact) mass is 364 g/mol. The van der Waals surface area contributed by atoms with Crippen LogP contribution < -0.4 is 4.72 Å². The molecule has 1 heterocycles. The molecule has 0 bridgehead atoms. The highest BCUT2D eigenvalue weighted by Crippen LogP contribution is 2.24. The molecule has 1 aromatic heterocycles. The maximum atomic E-state index is 12.9. The van der Waals surface area contributed by atoms with Crippen LogP contribution in [0.2, 0.25) is 5.02 Å². The van der Waals surface area contributed by atoms with Crippen LogP contribution >= 0.6 is 27.5 Å². The first-order valence-electron chi connectivity index (χ1n) is 4.99. The maximum absolute atomic E-state index is 12.9. The Kier molecular flexibility index (Phi) is 4.07. The van der Waals surface area contributed by atoms with Crippen LogP contribution in [0.5, 0.6) is 0 Å². The minimum atomic E-state index is -3.91. The second kappa shape index (κ2) is 5.44. The molecule has 1 N–H and O–H groups in total. The van der Waals surface area contributed by atoms with Crippen LogP contribution in [-0.4, -0.2) is 13.4 Å². The Morgan fingerprint density at radius 2 is 2.00 bits per heavy atom. The van der Waals surface area contributed by atoms with Crippen LogP contribution in [0.25, 0.3) is 0 Å². The van der Waals surface area contributed by atoms with E-state index in [-0.39, 0.29) is 15.7 Å². The fraction of sp³-hybridized carbons (Fsp3) is 0. The van der Waals surface area contributed by atoms with Gasteiger partial charge in [-0.15, -0.1) is 0 Å². The average Bonchev–Trinajstić information content (AvgIpc) is 2.27. The van der Waals surface area contributed by atoms with Crippen molar-refractivity contribution in [1.29, 1.82) is 0 Å². The van der Waals surface area contributed by atoms with E-state index in [1.165, 1.54) is 6.07 Å². The van der Waals surface area contributed by atoms with Crippen molar-refractivity contribution in [2.75, 3.05) is 4.72 Å². The van der Waals surface area contributed by atoms with E-state index in [2.05, 4.69) is 25.6 Å². The number of anilines is 1. The molecule has 0 fully saturated rings. The zero-order chi connectivity index (χ0) is 14.0. The molecule has 0 saturated heterocycles. The lowest BCUT2D eigenvalue weighted by molar-refractivity contribution is 0.599. The number of pyridine rings is 1. The van der Waals surface area contributed by atoms with Crippen LogP contribution in [0.3, 0.4) is 0 Å². The average molecular weight is 366 g/mol. The Hall–Kier alpha value is -1.18. The maximum Gasteiger partial charge on any atom is 0.264 e. The number of hydrogen-bond acceptors (Lipinski definition) is 3. The van der Waals surface area contributed by atoms with E-state index in [1.807, 2.05) is 0 Å². The van der Waals surface area contributed by atoms with Gasteiger partial charge < -0.3 is 0 Å². The molecule has 0 saturated carbocycles. The van der Waals surface area contributed by atoms with Crippen molar-refractivity contribution in [2.24, 2.45) is 0 Å². The molecule has 0 aliphatic rings. The molecule has 4 nitrogen and oxygen atoms in total. The number of hydrogen-bond donors (Lipinski definition) is 1. The number of halogens is 3. The van der Waals surface area contributed by atoms with Gasteiger partial charge in [0.05, 0.1) is 5.02 Å². The highest BCUT2D eigenvalue weighted by Gasteiger charge is 2.19. The molecule has 1 aromatic carbocycles. The first-order valence-corrected chi connectivity index (χ1v) is 7.64. The Morgan fingerprint density at radius 1 is 1.26 bits per heavy atom. The van der Waals surface area contributed by atoms with Gasteiger partial charge in [0.1, 0.15) is 21.1 Å². The Bertz CT molecular complexity index is 724. The third kappa shape index (κ3) is 3.43. The van der Waals surface area contributed by atoms with E-state index >= 15 is 0 Å². The number of nitrogens with zero attached hydrogens (tertiary/aromatic N) is 1. The number of rotatable bonds is 3. The summed E-state index contributed by atoms with van der Waals surface area (Å²) < 4.78 is 39.8. The summed E-state index contributed by atoms with van der Waals surface area (Å²) >= 11 is 8.85. The zero-order valence-corrected chi connectivity index (χ0v) is 12.4.